The highest BCUT2D eigenvalue weighted by Gasteiger charge is 2.02. The zero-order valence-electron chi connectivity index (χ0n) is 10.6. The number of aryl methyl sites for hydroxylation is 1. The number of H-pyrrole nitrogens is 1. The number of aromatic amines is 1. The highest BCUT2D eigenvalue weighted by atomic mass is 15.1. The standard InChI is InChI=1S/C14H19N3/c1-10(2)12-5-4-6-14(7-12)15-8-13-9-16-17-11(13)3/h4-7,9-10,15H,8H2,1-3H3,(H,16,17). The largest absolute Gasteiger partial charge is 0.381 e. The Balaban J connectivity index is 2.04. The predicted octanol–water partition coefficient (Wildman–Crippen LogP) is 3.45. The lowest BCUT2D eigenvalue weighted by Crippen LogP contribution is -2.00. The summed E-state index contributed by atoms with van der Waals surface area (Å²) >= 11 is 0. The van der Waals surface area contributed by atoms with E-state index in [1.807, 2.05) is 13.1 Å². The second kappa shape index (κ2) is 5.04. The van der Waals surface area contributed by atoms with Crippen molar-refractivity contribution in [1.29, 1.82) is 0 Å². The van der Waals surface area contributed by atoms with Crippen LogP contribution < -0.4 is 5.32 Å². The van der Waals surface area contributed by atoms with E-state index in [1.54, 1.807) is 0 Å². The van der Waals surface area contributed by atoms with E-state index in [9.17, 15) is 0 Å². The number of benzene rings is 1. The lowest BCUT2D eigenvalue weighted by Gasteiger charge is -2.10. The van der Waals surface area contributed by atoms with Crippen LogP contribution in [0, 0.1) is 6.92 Å². The molecule has 1 aromatic heterocycles. The first-order valence-corrected chi connectivity index (χ1v) is 5.99. The third-order valence-electron chi connectivity index (χ3n) is 2.97. The lowest BCUT2D eigenvalue weighted by molar-refractivity contribution is 0.866. The van der Waals surface area contributed by atoms with Gasteiger partial charge in [-0.3, -0.25) is 5.10 Å². The van der Waals surface area contributed by atoms with Crippen LogP contribution in [0.5, 0.6) is 0 Å². The smallest absolute Gasteiger partial charge is 0.0539 e. The van der Waals surface area contributed by atoms with Gasteiger partial charge in [-0.1, -0.05) is 26.0 Å². The van der Waals surface area contributed by atoms with Gasteiger partial charge in [-0.05, 0) is 30.5 Å². The fourth-order valence-corrected chi connectivity index (χ4v) is 1.76. The Hall–Kier alpha value is -1.77. The molecule has 0 radical (unpaired) electrons. The SMILES string of the molecule is Cc1[nH]ncc1CNc1cccc(C(C)C)c1. The Kier molecular flexibility index (Phi) is 3.47. The molecule has 0 spiro atoms. The minimum atomic E-state index is 0.562. The quantitative estimate of drug-likeness (QED) is 0.843. The summed E-state index contributed by atoms with van der Waals surface area (Å²) in [6, 6.07) is 8.57. The number of rotatable bonds is 4. The zero-order valence-corrected chi connectivity index (χ0v) is 10.6. The molecule has 0 unspecified atom stereocenters. The van der Waals surface area contributed by atoms with Crippen LogP contribution in [-0.4, -0.2) is 10.2 Å². The van der Waals surface area contributed by atoms with Gasteiger partial charge in [0.25, 0.3) is 0 Å². The molecule has 0 aliphatic heterocycles. The van der Waals surface area contributed by atoms with Gasteiger partial charge < -0.3 is 5.32 Å². The van der Waals surface area contributed by atoms with Gasteiger partial charge in [0.05, 0.1) is 6.20 Å². The molecular weight excluding hydrogens is 210 g/mol. The molecule has 3 nitrogen and oxygen atoms in total. The topological polar surface area (TPSA) is 40.7 Å². The van der Waals surface area contributed by atoms with Crippen LogP contribution in [0.25, 0.3) is 0 Å². The molecule has 3 heteroatoms. The first-order valence-electron chi connectivity index (χ1n) is 5.99. The molecule has 0 aliphatic carbocycles. The second-order valence-corrected chi connectivity index (χ2v) is 4.65. The molecule has 0 bridgehead atoms. The second-order valence-electron chi connectivity index (χ2n) is 4.65. The molecule has 1 aromatic carbocycles. The van der Waals surface area contributed by atoms with Gasteiger partial charge in [-0.25, -0.2) is 0 Å². The molecule has 0 saturated heterocycles. The van der Waals surface area contributed by atoms with Crippen molar-refractivity contribution in [3.63, 3.8) is 0 Å². The zero-order chi connectivity index (χ0) is 12.3. The molecule has 1 heterocycles. The van der Waals surface area contributed by atoms with E-state index < -0.39 is 0 Å². The van der Waals surface area contributed by atoms with Crippen molar-refractivity contribution >= 4 is 5.69 Å². The molecule has 2 rings (SSSR count). The highest BCUT2D eigenvalue weighted by molar-refractivity contribution is 5.47. The maximum atomic E-state index is 4.01. The molecule has 2 N–H and O–H groups in total. The number of hydrogen-bond donors (Lipinski definition) is 2. The molecule has 0 aliphatic rings. The molecule has 0 saturated carbocycles. The first kappa shape index (κ1) is 11.7. The van der Waals surface area contributed by atoms with E-state index in [0.717, 1.165) is 17.9 Å². The van der Waals surface area contributed by atoms with E-state index in [-0.39, 0.29) is 0 Å². The average Bonchev–Trinajstić information content (AvgIpc) is 2.72. The van der Waals surface area contributed by atoms with Crippen LogP contribution in [0.4, 0.5) is 5.69 Å². The van der Waals surface area contributed by atoms with Gasteiger partial charge in [0.1, 0.15) is 0 Å². The highest BCUT2D eigenvalue weighted by Crippen LogP contribution is 2.19. The van der Waals surface area contributed by atoms with E-state index in [4.69, 9.17) is 0 Å². The van der Waals surface area contributed by atoms with Crippen molar-refractivity contribution in [2.45, 2.75) is 33.2 Å². The predicted molar refractivity (Wildman–Crippen MR) is 71.2 cm³/mol. The minimum Gasteiger partial charge on any atom is -0.381 e. The fourth-order valence-electron chi connectivity index (χ4n) is 1.76. The van der Waals surface area contributed by atoms with Gasteiger partial charge in [0.2, 0.25) is 0 Å². The Morgan fingerprint density at radius 2 is 2.18 bits per heavy atom. The lowest BCUT2D eigenvalue weighted by atomic mass is 10.0. The monoisotopic (exact) mass is 229 g/mol. The van der Waals surface area contributed by atoms with E-state index in [1.165, 1.54) is 11.1 Å². The normalized spacial score (nSPS) is 10.8. The number of nitrogens with zero attached hydrogens (tertiary/aromatic N) is 1. The van der Waals surface area contributed by atoms with Gasteiger partial charge in [-0.2, -0.15) is 5.10 Å². The summed E-state index contributed by atoms with van der Waals surface area (Å²) in [4.78, 5) is 0. The van der Waals surface area contributed by atoms with Crippen LogP contribution in [-0.2, 0) is 6.54 Å². The summed E-state index contributed by atoms with van der Waals surface area (Å²) in [6.07, 6.45) is 1.87. The number of nitrogens with one attached hydrogen (secondary N) is 2. The van der Waals surface area contributed by atoms with Gasteiger partial charge in [-0.15, -0.1) is 0 Å². The van der Waals surface area contributed by atoms with Crippen molar-refractivity contribution in [2.24, 2.45) is 0 Å². The Labute approximate surface area is 102 Å². The van der Waals surface area contributed by atoms with Crippen molar-refractivity contribution in [3.8, 4) is 0 Å². The molecule has 0 atom stereocenters. The van der Waals surface area contributed by atoms with Crippen LogP contribution in [0.2, 0.25) is 0 Å². The van der Waals surface area contributed by atoms with E-state index >= 15 is 0 Å². The maximum Gasteiger partial charge on any atom is 0.0539 e. The fraction of sp³-hybridized carbons (Fsp3) is 0.357. The summed E-state index contributed by atoms with van der Waals surface area (Å²) in [5.74, 6) is 0.562. The molecule has 2 aromatic rings. The summed E-state index contributed by atoms with van der Waals surface area (Å²) in [5.41, 5.74) is 4.85. The summed E-state index contributed by atoms with van der Waals surface area (Å²) in [5, 5.41) is 10.4. The van der Waals surface area contributed by atoms with Gasteiger partial charge in [0, 0.05) is 23.5 Å². The van der Waals surface area contributed by atoms with Crippen LogP contribution >= 0.6 is 0 Å². The number of hydrogen-bond acceptors (Lipinski definition) is 2. The van der Waals surface area contributed by atoms with Crippen molar-refractivity contribution < 1.29 is 0 Å². The average molecular weight is 229 g/mol. The molecular formula is C14H19N3. The Morgan fingerprint density at radius 1 is 1.35 bits per heavy atom. The Bertz CT molecular complexity index is 486. The third-order valence-corrected chi connectivity index (χ3v) is 2.97. The maximum absolute atomic E-state index is 4.01. The molecule has 17 heavy (non-hydrogen) atoms. The van der Waals surface area contributed by atoms with Crippen LogP contribution in [0.1, 0.15) is 36.6 Å². The van der Waals surface area contributed by atoms with Gasteiger partial charge >= 0.3 is 0 Å². The van der Waals surface area contributed by atoms with Gasteiger partial charge in [0.15, 0.2) is 0 Å². The summed E-state index contributed by atoms with van der Waals surface area (Å²) < 4.78 is 0. The molecule has 0 amide bonds. The molecule has 0 fully saturated rings. The van der Waals surface area contributed by atoms with E-state index in [2.05, 4.69) is 53.6 Å². The first-order chi connectivity index (χ1) is 8.16. The van der Waals surface area contributed by atoms with Crippen molar-refractivity contribution in [3.05, 3.63) is 47.3 Å². The minimum absolute atomic E-state index is 0.562. The summed E-state index contributed by atoms with van der Waals surface area (Å²) in [6.45, 7) is 7.26. The van der Waals surface area contributed by atoms with Crippen molar-refractivity contribution in [1.82, 2.24) is 10.2 Å². The van der Waals surface area contributed by atoms with E-state index in [0.29, 0.717) is 5.92 Å². The van der Waals surface area contributed by atoms with Crippen LogP contribution in [0.15, 0.2) is 30.5 Å². The van der Waals surface area contributed by atoms with Crippen molar-refractivity contribution in [2.75, 3.05) is 5.32 Å². The number of anilines is 1. The van der Waals surface area contributed by atoms with Crippen LogP contribution in [0.3, 0.4) is 0 Å². The molecule has 90 valence electrons. The third kappa shape index (κ3) is 2.87. The summed E-state index contributed by atoms with van der Waals surface area (Å²) in [7, 11) is 0. The number of aromatic nitrogens is 2. The Morgan fingerprint density at radius 3 is 2.82 bits per heavy atom.